The van der Waals surface area contributed by atoms with Gasteiger partial charge in [-0.2, -0.15) is 13.2 Å². The van der Waals surface area contributed by atoms with Gasteiger partial charge >= 0.3 is 12.1 Å². The first kappa shape index (κ1) is 19.1. The van der Waals surface area contributed by atoms with E-state index in [1.54, 1.807) is 0 Å². The molecule has 2 aromatic rings. The second kappa shape index (κ2) is 7.76. The molecule has 0 fully saturated rings. The van der Waals surface area contributed by atoms with Gasteiger partial charge in [-0.1, -0.05) is 23.2 Å². The summed E-state index contributed by atoms with van der Waals surface area (Å²) in [5.41, 5.74) is -1.43. The van der Waals surface area contributed by atoms with Crippen LogP contribution in [0.15, 0.2) is 42.5 Å². The van der Waals surface area contributed by atoms with Crippen LogP contribution in [0.3, 0.4) is 0 Å². The van der Waals surface area contributed by atoms with Crippen molar-refractivity contribution in [3.05, 3.63) is 63.6 Å². The molecule has 4 nitrogen and oxygen atoms in total. The third-order valence-electron chi connectivity index (χ3n) is 2.98. The van der Waals surface area contributed by atoms with Crippen molar-refractivity contribution in [2.45, 2.75) is 6.18 Å². The number of rotatable bonds is 4. The van der Waals surface area contributed by atoms with Crippen LogP contribution in [0.4, 0.5) is 18.9 Å². The Morgan fingerprint density at radius 3 is 2.20 bits per heavy atom. The Morgan fingerprint density at radius 1 is 1.00 bits per heavy atom. The molecule has 0 spiro atoms. The topological polar surface area (TPSA) is 55.4 Å². The molecule has 1 amide bonds. The lowest BCUT2D eigenvalue weighted by molar-refractivity contribution is -0.137. The summed E-state index contributed by atoms with van der Waals surface area (Å²) in [4.78, 5) is 23.5. The number of halogens is 5. The van der Waals surface area contributed by atoms with Gasteiger partial charge in [0, 0.05) is 10.0 Å². The molecular formula is C16H10Cl2F3NO3. The van der Waals surface area contributed by atoms with Crippen LogP contribution >= 0.6 is 23.2 Å². The molecule has 0 aromatic heterocycles. The Kier molecular flexibility index (Phi) is 5.92. The van der Waals surface area contributed by atoms with Crippen molar-refractivity contribution in [2.24, 2.45) is 0 Å². The van der Waals surface area contributed by atoms with Gasteiger partial charge in [0.25, 0.3) is 5.91 Å². The minimum atomic E-state index is -4.70. The number of benzene rings is 2. The largest absolute Gasteiger partial charge is 0.452 e. The van der Waals surface area contributed by atoms with Gasteiger partial charge in [-0.3, -0.25) is 4.79 Å². The number of alkyl halides is 3. The number of amides is 1. The molecule has 0 bridgehead atoms. The van der Waals surface area contributed by atoms with Gasteiger partial charge in [0.15, 0.2) is 6.61 Å². The zero-order valence-electron chi connectivity index (χ0n) is 12.4. The Labute approximate surface area is 150 Å². The van der Waals surface area contributed by atoms with Crippen molar-refractivity contribution in [3.8, 4) is 0 Å². The van der Waals surface area contributed by atoms with E-state index < -0.39 is 35.9 Å². The molecule has 0 atom stereocenters. The van der Waals surface area contributed by atoms with Gasteiger partial charge in [0.05, 0.1) is 16.8 Å². The Bertz CT molecular complexity index is 792. The molecule has 1 N–H and O–H groups in total. The molecule has 2 aromatic carbocycles. The van der Waals surface area contributed by atoms with Crippen LogP contribution in [0.25, 0.3) is 0 Å². The number of ether oxygens (including phenoxy) is 1. The normalized spacial score (nSPS) is 11.1. The van der Waals surface area contributed by atoms with Crippen LogP contribution in [0.2, 0.25) is 10.0 Å². The smallest absolute Gasteiger partial charge is 0.418 e. The average molecular weight is 392 g/mol. The molecule has 0 aliphatic heterocycles. The van der Waals surface area contributed by atoms with E-state index in [0.717, 1.165) is 6.07 Å². The molecule has 25 heavy (non-hydrogen) atoms. The molecule has 0 aliphatic rings. The first-order valence-corrected chi connectivity index (χ1v) is 7.51. The predicted molar refractivity (Wildman–Crippen MR) is 86.8 cm³/mol. The van der Waals surface area contributed by atoms with Crippen LogP contribution in [-0.2, 0) is 15.7 Å². The third kappa shape index (κ3) is 5.37. The van der Waals surface area contributed by atoms with Crippen molar-refractivity contribution < 1.29 is 27.5 Å². The van der Waals surface area contributed by atoms with E-state index >= 15 is 0 Å². The maximum Gasteiger partial charge on any atom is 0.418 e. The highest BCUT2D eigenvalue weighted by molar-refractivity contribution is 6.31. The van der Waals surface area contributed by atoms with E-state index in [9.17, 15) is 22.8 Å². The predicted octanol–water partition coefficient (Wildman–Crippen LogP) is 4.81. The zero-order valence-corrected chi connectivity index (χ0v) is 13.9. The summed E-state index contributed by atoms with van der Waals surface area (Å²) < 4.78 is 43.6. The summed E-state index contributed by atoms with van der Waals surface area (Å²) in [5, 5.41) is 2.33. The fraction of sp³-hybridized carbons (Fsp3) is 0.125. The summed E-state index contributed by atoms with van der Waals surface area (Å²) in [5.74, 6) is -1.73. The lowest BCUT2D eigenvalue weighted by Gasteiger charge is -2.14. The SMILES string of the molecule is O=C(COC(=O)c1ccc(Cl)cc1)Nc1ccc(Cl)cc1C(F)(F)F. The van der Waals surface area contributed by atoms with Crippen LogP contribution in [0, 0.1) is 0 Å². The van der Waals surface area contributed by atoms with Crippen LogP contribution in [0.1, 0.15) is 15.9 Å². The van der Waals surface area contributed by atoms with E-state index in [0.29, 0.717) is 11.1 Å². The number of hydrogen-bond acceptors (Lipinski definition) is 3. The zero-order chi connectivity index (χ0) is 18.6. The first-order valence-electron chi connectivity index (χ1n) is 6.76. The molecule has 0 saturated carbocycles. The highest BCUT2D eigenvalue weighted by Crippen LogP contribution is 2.36. The lowest BCUT2D eigenvalue weighted by atomic mass is 10.1. The van der Waals surface area contributed by atoms with Gasteiger partial charge in [0.2, 0.25) is 0 Å². The van der Waals surface area contributed by atoms with Gasteiger partial charge in [-0.05, 0) is 42.5 Å². The van der Waals surface area contributed by atoms with Crippen LogP contribution in [0.5, 0.6) is 0 Å². The fourth-order valence-electron chi connectivity index (χ4n) is 1.85. The summed E-state index contributed by atoms with van der Waals surface area (Å²) >= 11 is 11.2. The van der Waals surface area contributed by atoms with Gasteiger partial charge in [0.1, 0.15) is 0 Å². The summed E-state index contributed by atoms with van der Waals surface area (Å²) in [7, 11) is 0. The third-order valence-corrected chi connectivity index (χ3v) is 3.46. The second-order valence-corrected chi connectivity index (χ2v) is 5.69. The van der Waals surface area contributed by atoms with Crippen molar-refractivity contribution >= 4 is 40.8 Å². The molecule has 0 saturated heterocycles. The molecular weight excluding hydrogens is 382 g/mol. The van der Waals surface area contributed by atoms with Crippen molar-refractivity contribution in [1.29, 1.82) is 0 Å². The Morgan fingerprint density at radius 2 is 1.60 bits per heavy atom. The molecule has 0 heterocycles. The highest BCUT2D eigenvalue weighted by atomic mass is 35.5. The number of hydrogen-bond donors (Lipinski definition) is 1. The van der Waals surface area contributed by atoms with Gasteiger partial charge in [-0.25, -0.2) is 4.79 Å². The van der Waals surface area contributed by atoms with E-state index in [2.05, 4.69) is 0 Å². The summed E-state index contributed by atoms with van der Waals surface area (Å²) in [6.07, 6.45) is -4.70. The molecule has 0 unspecified atom stereocenters. The Balaban J connectivity index is 2.01. The van der Waals surface area contributed by atoms with Crippen molar-refractivity contribution in [3.63, 3.8) is 0 Å². The molecule has 132 valence electrons. The lowest BCUT2D eigenvalue weighted by Crippen LogP contribution is -2.22. The maximum absolute atomic E-state index is 12.9. The highest BCUT2D eigenvalue weighted by Gasteiger charge is 2.34. The van der Waals surface area contributed by atoms with E-state index in [4.69, 9.17) is 27.9 Å². The number of anilines is 1. The average Bonchev–Trinajstić information content (AvgIpc) is 2.54. The molecule has 0 aliphatic carbocycles. The van der Waals surface area contributed by atoms with E-state index in [1.165, 1.54) is 30.3 Å². The van der Waals surface area contributed by atoms with Crippen LogP contribution < -0.4 is 5.32 Å². The quantitative estimate of drug-likeness (QED) is 0.761. The maximum atomic E-state index is 12.9. The van der Waals surface area contributed by atoms with Gasteiger partial charge < -0.3 is 10.1 Å². The first-order chi connectivity index (χ1) is 11.7. The summed E-state index contributed by atoms with van der Waals surface area (Å²) in [6.45, 7) is -0.749. The van der Waals surface area contributed by atoms with Gasteiger partial charge in [-0.15, -0.1) is 0 Å². The second-order valence-electron chi connectivity index (χ2n) is 4.82. The molecule has 0 radical (unpaired) electrons. The molecule has 2 rings (SSSR count). The molecule has 9 heteroatoms. The van der Waals surface area contributed by atoms with Crippen molar-refractivity contribution in [1.82, 2.24) is 0 Å². The standard InChI is InChI=1S/C16H10Cl2F3NO3/c17-10-3-1-9(2-4-10)15(24)25-8-14(23)22-13-6-5-11(18)7-12(13)16(19,20)21/h1-7H,8H2,(H,22,23). The fourth-order valence-corrected chi connectivity index (χ4v) is 2.14. The van der Waals surface area contributed by atoms with E-state index in [-0.39, 0.29) is 10.6 Å². The monoisotopic (exact) mass is 391 g/mol. The van der Waals surface area contributed by atoms with Crippen LogP contribution in [-0.4, -0.2) is 18.5 Å². The number of nitrogens with one attached hydrogen (secondary N) is 1. The number of carbonyl (C=O) groups is 2. The number of esters is 1. The minimum absolute atomic E-state index is 0.125. The van der Waals surface area contributed by atoms with Crippen molar-refractivity contribution in [2.75, 3.05) is 11.9 Å². The number of carbonyl (C=O) groups excluding carboxylic acids is 2. The summed E-state index contributed by atoms with van der Waals surface area (Å²) in [6, 6.07) is 8.61. The Hall–Kier alpha value is -2.25. The minimum Gasteiger partial charge on any atom is -0.452 e. The van der Waals surface area contributed by atoms with E-state index in [1.807, 2.05) is 5.32 Å².